The van der Waals surface area contributed by atoms with Crippen LogP contribution in [0, 0.1) is 0 Å². The Bertz CT molecular complexity index is 443. The van der Waals surface area contributed by atoms with Gasteiger partial charge in [-0.05, 0) is 6.07 Å². The highest BCUT2D eigenvalue weighted by atomic mass is 16.5. The predicted molar refractivity (Wildman–Crippen MR) is 68.3 cm³/mol. The van der Waals surface area contributed by atoms with Crippen LogP contribution in [0.1, 0.15) is 12.0 Å². The van der Waals surface area contributed by atoms with E-state index in [-0.39, 0.29) is 17.1 Å². The van der Waals surface area contributed by atoms with Crippen LogP contribution in [0.5, 0.6) is 17.2 Å². The molecule has 1 fully saturated rings. The summed E-state index contributed by atoms with van der Waals surface area (Å²) in [6.45, 7) is 2.18. The molecule has 2 rings (SSSR count). The van der Waals surface area contributed by atoms with Crippen molar-refractivity contribution in [1.82, 2.24) is 5.32 Å². The number of nitrogens with one attached hydrogen (secondary N) is 1. The molecular formula is C13H19NO5. The Morgan fingerprint density at radius 3 is 2.74 bits per heavy atom. The molecule has 6 heteroatoms. The highest BCUT2D eigenvalue weighted by molar-refractivity contribution is 5.52. The van der Waals surface area contributed by atoms with Crippen molar-refractivity contribution in [2.45, 2.75) is 18.6 Å². The zero-order chi connectivity index (χ0) is 13.9. The zero-order valence-electron chi connectivity index (χ0n) is 10.8. The number of hydrogen-bond donors (Lipinski definition) is 4. The van der Waals surface area contributed by atoms with E-state index >= 15 is 0 Å². The molecule has 1 aromatic rings. The summed E-state index contributed by atoms with van der Waals surface area (Å²) in [4.78, 5) is 0. The third-order valence-corrected chi connectivity index (χ3v) is 3.48. The standard InChI is InChI=1S/C13H19NO5/c1-18-13(4-5-19-8-13)7-14-6-9-2-3-10(15)12(17)11(9)16/h2-3,14-17H,4-8H2,1H3. The van der Waals surface area contributed by atoms with Gasteiger partial charge in [-0.2, -0.15) is 0 Å². The Balaban J connectivity index is 1.94. The van der Waals surface area contributed by atoms with Crippen LogP contribution in [-0.2, 0) is 16.0 Å². The number of benzene rings is 1. The first-order valence-electron chi connectivity index (χ1n) is 6.14. The molecular weight excluding hydrogens is 250 g/mol. The molecule has 4 N–H and O–H groups in total. The number of hydrogen-bond acceptors (Lipinski definition) is 6. The Morgan fingerprint density at radius 1 is 1.32 bits per heavy atom. The van der Waals surface area contributed by atoms with Crippen LogP contribution in [0.25, 0.3) is 0 Å². The van der Waals surface area contributed by atoms with Crippen molar-refractivity contribution in [2.24, 2.45) is 0 Å². The van der Waals surface area contributed by atoms with Crippen LogP contribution >= 0.6 is 0 Å². The average Bonchev–Trinajstić information content (AvgIpc) is 2.88. The SMILES string of the molecule is COC1(CNCc2ccc(O)c(O)c2O)CCOC1. The minimum Gasteiger partial charge on any atom is -0.504 e. The first kappa shape index (κ1) is 13.9. The number of aromatic hydroxyl groups is 3. The van der Waals surface area contributed by atoms with E-state index in [1.165, 1.54) is 6.07 Å². The number of ether oxygens (including phenoxy) is 2. The summed E-state index contributed by atoms with van der Waals surface area (Å²) >= 11 is 0. The fourth-order valence-electron chi connectivity index (χ4n) is 2.14. The van der Waals surface area contributed by atoms with Gasteiger partial charge in [-0.15, -0.1) is 0 Å². The lowest BCUT2D eigenvalue weighted by Gasteiger charge is -2.26. The topological polar surface area (TPSA) is 91.2 Å². The summed E-state index contributed by atoms with van der Waals surface area (Å²) in [5, 5.41) is 31.5. The molecule has 0 aromatic heterocycles. The molecule has 0 saturated carbocycles. The van der Waals surface area contributed by atoms with Gasteiger partial charge in [0.15, 0.2) is 11.5 Å². The van der Waals surface area contributed by atoms with Gasteiger partial charge in [0.05, 0.1) is 6.61 Å². The number of phenolic OH excluding ortho intramolecular Hbond substituents is 3. The van der Waals surface area contributed by atoms with Gasteiger partial charge in [0.1, 0.15) is 5.60 Å². The molecule has 0 radical (unpaired) electrons. The Kier molecular flexibility index (Phi) is 4.14. The smallest absolute Gasteiger partial charge is 0.200 e. The molecule has 0 amide bonds. The minimum absolute atomic E-state index is 0.304. The van der Waals surface area contributed by atoms with E-state index in [1.807, 2.05) is 0 Å². The van der Waals surface area contributed by atoms with E-state index in [1.54, 1.807) is 13.2 Å². The molecule has 1 atom stereocenters. The second-order valence-electron chi connectivity index (χ2n) is 4.73. The van der Waals surface area contributed by atoms with Crippen molar-refractivity contribution < 1.29 is 24.8 Å². The summed E-state index contributed by atoms with van der Waals surface area (Å²) < 4.78 is 10.8. The molecule has 1 saturated heterocycles. The minimum atomic E-state index is -0.495. The van der Waals surface area contributed by atoms with Crippen LogP contribution in [0.15, 0.2) is 12.1 Å². The van der Waals surface area contributed by atoms with E-state index in [0.29, 0.717) is 31.9 Å². The second-order valence-corrected chi connectivity index (χ2v) is 4.73. The molecule has 19 heavy (non-hydrogen) atoms. The van der Waals surface area contributed by atoms with E-state index in [9.17, 15) is 15.3 Å². The van der Waals surface area contributed by atoms with Gasteiger partial charge < -0.3 is 30.1 Å². The quantitative estimate of drug-likeness (QED) is 0.588. The Labute approximate surface area is 111 Å². The van der Waals surface area contributed by atoms with Crippen LogP contribution < -0.4 is 5.32 Å². The zero-order valence-corrected chi connectivity index (χ0v) is 10.8. The lowest BCUT2D eigenvalue weighted by atomic mass is 10.0. The first-order valence-corrected chi connectivity index (χ1v) is 6.14. The van der Waals surface area contributed by atoms with Crippen molar-refractivity contribution in [3.63, 3.8) is 0 Å². The monoisotopic (exact) mass is 269 g/mol. The van der Waals surface area contributed by atoms with E-state index < -0.39 is 5.75 Å². The largest absolute Gasteiger partial charge is 0.504 e. The Hall–Kier alpha value is -1.50. The van der Waals surface area contributed by atoms with Gasteiger partial charge in [0, 0.05) is 38.8 Å². The lowest BCUT2D eigenvalue weighted by Crippen LogP contribution is -2.42. The van der Waals surface area contributed by atoms with Crippen molar-refractivity contribution >= 4 is 0 Å². The van der Waals surface area contributed by atoms with E-state index in [4.69, 9.17) is 9.47 Å². The molecule has 0 spiro atoms. The van der Waals surface area contributed by atoms with Crippen LogP contribution in [0.4, 0.5) is 0 Å². The normalized spacial score (nSPS) is 22.8. The van der Waals surface area contributed by atoms with Crippen molar-refractivity contribution in [2.75, 3.05) is 26.9 Å². The fraction of sp³-hybridized carbons (Fsp3) is 0.538. The maximum absolute atomic E-state index is 9.69. The molecule has 0 bridgehead atoms. The van der Waals surface area contributed by atoms with Crippen LogP contribution in [-0.4, -0.2) is 47.8 Å². The van der Waals surface area contributed by atoms with Gasteiger partial charge in [0.25, 0.3) is 0 Å². The summed E-state index contributed by atoms with van der Waals surface area (Å²) in [7, 11) is 1.65. The molecule has 6 nitrogen and oxygen atoms in total. The predicted octanol–water partition coefficient (Wildman–Crippen LogP) is 0.698. The number of methoxy groups -OCH3 is 1. The van der Waals surface area contributed by atoms with Crippen LogP contribution in [0.3, 0.4) is 0 Å². The third-order valence-electron chi connectivity index (χ3n) is 3.48. The highest BCUT2D eigenvalue weighted by Crippen LogP contribution is 2.36. The van der Waals surface area contributed by atoms with Gasteiger partial charge in [-0.1, -0.05) is 6.07 Å². The third kappa shape index (κ3) is 2.91. The lowest BCUT2D eigenvalue weighted by molar-refractivity contribution is -0.0159. The number of phenols is 3. The maximum atomic E-state index is 9.69. The van der Waals surface area contributed by atoms with Gasteiger partial charge in [-0.3, -0.25) is 0 Å². The Morgan fingerprint density at radius 2 is 2.11 bits per heavy atom. The average molecular weight is 269 g/mol. The summed E-state index contributed by atoms with van der Waals surface area (Å²) in [5.41, 5.74) is 0.190. The molecule has 106 valence electrons. The first-order chi connectivity index (χ1) is 9.08. The molecule has 0 aliphatic carbocycles. The number of rotatable bonds is 5. The fourth-order valence-corrected chi connectivity index (χ4v) is 2.14. The molecule has 1 aliphatic heterocycles. The van der Waals surface area contributed by atoms with Gasteiger partial charge >= 0.3 is 0 Å². The molecule has 1 heterocycles. The van der Waals surface area contributed by atoms with Crippen molar-refractivity contribution in [3.8, 4) is 17.2 Å². The van der Waals surface area contributed by atoms with Gasteiger partial charge in [0.2, 0.25) is 5.75 Å². The summed E-state index contributed by atoms with van der Waals surface area (Å²) in [5.74, 6) is -1.13. The van der Waals surface area contributed by atoms with Gasteiger partial charge in [-0.25, -0.2) is 0 Å². The van der Waals surface area contributed by atoms with Crippen molar-refractivity contribution in [1.29, 1.82) is 0 Å². The molecule has 1 aliphatic rings. The van der Waals surface area contributed by atoms with Crippen LogP contribution in [0.2, 0.25) is 0 Å². The van der Waals surface area contributed by atoms with Crippen molar-refractivity contribution in [3.05, 3.63) is 17.7 Å². The summed E-state index contributed by atoms with van der Waals surface area (Å²) in [6.07, 6.45) is 0.823. The van der Waals surface area contributed by atoms with E-state index in [0.717, 1.165) is 6.42 Å². The molecule has 1 unspecified atom stereocenters. The maximum Gasteiger partial charge on any atom is 0.200 e. The second kappa shape index (κ2) is 5.64. The summed E-state index contributed by atoms with van der Waals surface area (Å²) in [6, 6.07) is 2.90. The van der Waals surface area contributed by atoms with E-state index in [2.05, 4.69) is 5.32 Å². The molecule has 1 aromatic carbocycles. The highest BCUT2D eigenvalue weighted by Gasteiger charge is 2.34.